The molecule has 2 heterocycles. The predicted octanol–water partition coefficient (Wildman–Crippen LogP) is 2.07. The summed E-state index contributed by atoms with van der Waals surface area (Å²) < 4.78 is 11.4. The van der Waals surface area contributed by atoms with E-state index in [0.29, 0.717) is 12.2 Å². The lowest BCUT2D eigenvalue weighted by Gasteiger charge is -2.41. The summed E-state index contributed by atoms with van der Waals surface area (Å²) >= 11 is 0. The normalized spacial score (nSPS) is 24.9. The van der Waals surface area contributed by atoms with Crippen LogP contribution in [0.3, 0.4) is 0 Å². The molecular formula is C14H19NO2. The molecule has 92 valence electrons. The van der Waals surface area contributed by atoms with Gasteiger partial charge >= 0.3 is 0 Å². The van der Waals surface area contributed by atoms with Crippen molar-refractivity contribution in [1.29, 1.82) is 0 Å². The molecule has 0 aromatic heterocycles. The van der Waals surface area contributed by atoms with Crippen molar-refractivity contribution in [2.24, 2.45) is 0 Å². The van der Waals surface area contributed by atoms with Gasteiger partial charge in [0.2, 0.25) is 0 Å². The first-order chi connectivity index (χ1) is 8.42. The smallest absolute Gasteiger partial charge is 0.0925 e. The molecule has 3 nitrogen and oxygen atoms in total. The van der Waals surface area contributed by atoms with Gasteiger partial charge in [0.1, 0.15) is 0 Å². The van der Waals surface area contributed by atoms with Gasteiger partial charge in [0.15, 0.2) is 0 Å². The molecule has 2 saturated heterocycles. The minimum atomic E-state index is 0.348. The number of para-hydroxylation sites is 1. The maximum absolute atomic E-state index is 5.85. The van der Waals surface area contributed by atoms with Crippen LogP contribution in [0.2, 0.25) is 0 Å². The molecule has 1 aromatic carbocycles. The van der Waals surface area contributed by atoms with E-state index in [0.717, 1.165) is 32.7 Å². The third-order valence-corrected chi connectivity index (χ3v) is 3.51. The van der Waals surface area contributed by atoms with Crippen LogP contribution in [-0.2, 0) is 9.47 Å². The molecule has 1 atom stereocenters. The summed E-state index contributed by atoms with van der Waals surface area (Å²) in [7, 11) is 0. The molecule has 1 unspecified atom stereocenters. The molecule has 2 aliphatic heterocycles. The highest BCUT2D eigenvalue weighted by Gasteiger charge is 2.28. The number of hydrogen-bond donors (Lipinski definition) is 0. The Morgan fingerprint density at radius 3 is 2.76 bits per heavy atom. The highest BCUT2D eigenvalue weighted by Crippen LogP contribution is 2.22. The van der Waals surface area contributed by atoms with Crippen molar-refractivity contribution in [3.05, 3.63) is 30.3 Å². The van der Waals surface area contributed by atoms with Gasteiger partial charge in [-0.25, -0.2) is 0 Å². The molecule has 0 radical (unpaired) electrons. The molecule has 3 rings (SSSR count). The molecule has 2 aliphatic rings. The Morgan fingerprint density at radius 2 is 2.06 bits per heavy atom. The first-order valence-electron chi connectivity index (χ1n) is 6.45. The highest BCUT2D eigenvalue weighted by atomic mass is 16.5. The van der Waals surface area contributed by atoms with Gasteiger partial charge in [-0.3, -0.25) is 0 Å². The number of ether oxygens (including phenoxy) is 2. The van der Waals surface area contributed by atoms with Gasteiger partial charge in [0, 0.05) is 25.4 Å². The summed E-state index contributed by atoms with van der Waals surface area (Å²) in [5, 5.41) is 0. The van der Waals surface area contributed by atoms with E-state index >= 15 is 0 Å². The number of nitrogens with zero attached hydrogens (tertiary/aromatic N) is 1. The lowest BCUT2D eigenvalue weighted by atomic mass is 10.1. The topological polar surface area (TPSA) is 21.7 Å². The largest absolute Gasteiger partial charge is 0.376 e. The third kappa shape index (κ3) is 2.61. The van der Waals surface area contributed by atoms with Gasteiger partial charge in [0.05, 0.1) is 18.8 Å². The van der Waals surface area contributed by atoms with E-state index in [2.05, 4.69) is 35.2 Å². The number of rotatable bonds is 4. The van der Waals surface area contributed by atoms with Crippen LogP contribution in [0.15, 0.2) is 30.3 Å². The van der Waals surface area contributed by atoms with Gasteiger partial charge in [-0.05, 0) is 25.0 Å². The average Bonchev–Trinajstić information content (AvgIpc) is 2.81. The zero-order valence-corrected chi connectivity index (χ0v) is 10.0. The summed E-state index contributed by atoms with van der Waals surface area (Å²) in [6.45, 7) is 3.70. The number of hydrogen-bond acceptors (Lipinski definition) is 3. The minimum absolute atomic E-state index is 0.348. The van der Waals surface area contributed by atoms with Crippen molar-refractivity contribution in [2.75, 3.05) is 31.2 Å². The first-order valence-corrected chi connectivity index (χ1v) is 6.45. The van der Waals surface area contributed by atoms with Gasteiger partial charge in [-0.15, -0.1) is 0 Å². The second-order valence-electron chi connectivity index (χ2n) is 4.83. The Morgan fingerprint density at radius 1 is 1.24 bits per heavy atom. The Kier molecular flexibility index (Phi) is 3.29. The van der Waals surface area contributed by atoms with Crippen LogP contribution in [0.25, 0.3) is 0 Å². The summed E-state index contributed by atoms with van der Waals surface area (Å²) in [6.07, 6.45) is 3.09. The van der Waals surface area contributed by atoms with Crippen molar-refractivity contribution in [2.45, 2.75) is 25.0 Å². The maximum atomic E-state index is 5.85. The fourth-order valence-electron chi connectivity index (χ4n) is 2.41. The van der Waals surface area contributed by atoms with Crippen LogP contribution in [0.4, 0.5) is 5.69 Å². The van der Waals surface area contributed by atoms with Crippen LogP contribution in [0.5, 0.6) is 0 Å². The summed E-state index contributed by atoms with van der Waals surface area (Å²) in [5.41, 5.74) is 1.30. The zero-order chi connectivity index (χ0) is 11.5. The van der Waals surface area contributed by atoms with Crippen molar-refractivity contribution in [1.82, 2.24) is 0 Å². The lowest BCUT2D eigenvalue weighted by molar-refractivity contribution is -0.0295. The fourth-order valence-corrected chi connectivity index (χ4v) is 2.41. The molecule has 17 heavy (non-hydrogen) atoms. The second kappa shape index (κ2) is 5.07. The Bertz CT molecular complexity index is 342. The Balaban J connectivity index is 1.39. The molecule has 0 saturated carbocycles. The lowest BCUT2D eigenvalue weighted by Crippen LogP contribution is -2.53. The highest BCUT2D eigenvalue weighted by molar-refractivity contribution is 5.48. The fraction of sp³-hybridized carbons (Fsp3) is 0.571. The molecular weight excluding hydrogens is 214 g/mol. The van der Waals surface area contributed by atoms with E-state index < -0.39 is 0 Å². The quantitative estimate of drug-likeness (QED) is 0.794. The van der Waals surface area contributed by atoms with Crippen molar-refractivity contribution < 1.29 is 9.47 Å². The van der Waals surface area contributed by atoms with E-state index in [4.69, 9.17) is 9.47 Å². The molecule has 3 heteroatoms. The van der Waals surface area contributed by atoms with Gasteiger partial charge in [0.25, 0.3) is 0 Å². The van der Waals surface area contributed by atoms with E-state index in [1.807, 2.05) is 0 Å². The molecule has 0 bridgehead atoms. The zero-order valence-electron chi connectivity index (χ0n) is 10.0. The van der Waals surface area contributed by atoms with Crippen molar-refractivity contribution >= 4 is 5.69 Å². The van der Waals surface area contributed by atoms with Crippen LogP contribution in [0.1, 0.15) is 12.8 Å². The van der Waals surface area contributed by atoms with Gasteiger partial charge < -0.3 is 14.4 Å². The van der Waals surface area contributed by atoms with E-state index in [9.17, 15) is 0 Å². The SMILES string of the molecule is c1ccc(N2CC(OCC3CCCO3)C2)cc1. The number of benzene rings is 1. The number of anilines is 1. The molecule has 0 aliphatic carbocycles. The molecule has 0 N–H and O–H groups in total. The summed E-state index contributed by atoms with van der Waals surface area (Å²) in [6, 6.07) is 10.5. The van der Waals surface area contributed by atoms with Gasteiger partial charge in [-0.1, -0.05) is 18.2 Å². The van der Waals surface area contributed by atoms with E-state index in [-0.39, 0.29) is 0 Å². The Labute approximate surface area is 102 Å². The molecule has 0 spiro atoms. The van der Waals surface area contributed by atoms with Crippen molar-refractivity contribution in [3.8, 4) is 0 Å². The van der Waals surface area contributed by atoms with Gasteiger partial charge in [-0.2, -0.15) is 0 Å². The third-order valence-electron chi connectivity index (χ3n) is 3.51. The van der Waals surface area contributed by atoms with E-state index in [1.54, 1.807) is 0 Å². The van der Waals surface area contributed by atoms with Crippen LogP contribution in [0, 0.1) is 0 Å². The molecule has 2 fully saturated rings. The summed E-state index contributed by atoms with van der Waals surface area (Å²) in [5.74, 6) is 0. The summed E-state index contributed by atoms with van der Waals surface area (Å²) in [4.78, 5) is 2.35. The minimum Gasteiger partial charge on any atom is -0.376 e. The van der Waals surface area contributed by atoms with Crippen molar-refractivity contribution in [3.63, 3.8) is 0 Å². The van der Waals surface area contributed by atoms with Crippen LogP contribution in [-0.4, -0.2) is 38.5 Å². The monoisotopic (exact) mass is 233 g/mol. The van der Waals surface area contributed by atoms with E-state index in [1.165, 1.54) is 12.1 Å². The standard InChI is InChI=1S/C14H19NO2/c1-2-5-12(6-3-1)15-9-14(10-15)17-11-13-7-4-8-16-13/h1-3,5-6,13-14H,4,7-11H2. The molecule has 1 aromatic rings. The molecule has 0 amide bonds. The second-order valence-corrected chi connectivity index (χ2v) is 4.83. The Hall–Kier alpha value is -1.06. The van der Waals surface area contributed by atoms with Crippen LogP contribution < -0.4 is 4.90 Å². The predicted molar refractivity (Wildman–Crippen MR) is 67.4 cm³/mol. The maximum Gasteiger partial charge on any atom is 0.0925 e. The van der Waals surface area contributed by atoms with Crippen LogP contribution >= 0.6 is 0 Å². The first kappa shape index (κ1) is 11.1. The average molecular weight is 233 g/mol.